The van der Waals surface area contributed by atoms with Crippen molar-refractivity contribution in [3.05, 3.63) is 0 Å². The summed E-state index contributed by atoms with van der Waals surface area (Å²) >= 11 is 0. The van der Waals surface area contributed by atoms with E-state index in [4.69, 9.17) is 5.73 Å². The lowest BCUT2D eigenvalue weighted by Crippen LogP contribution is -2.08. The molecule has 0 aliphatic heterocycles. The molecule has 0 heterocycles. The quantitative estimate of drug-likeness (QED) is 0.588. The van der Waals surface area contributed by atoms with E-state index >= 15 is 0 Å². The van der Waals surface area contributed by atoms with E-state index < -0.39 is 0 Å². The van der Waals surface area contributed by atoms with Crippen LogP contribution in [0.2, 0.25) is 0 Å². The van der Waals surface area contributed by atoms with Crippen molar-refractivity contribution in [3.8, 4) is 0 Å². The predicted octanol–water partition coefficient (Wildman–Crippen LogP) is 2.02. The highest BCUT2D eigenvalue weighted by Gasteiger charge is 1.88. The van der Waals surface area contributed by atoms with Crippen molar-refractivity contribution in [3.63, 3.8) is 0 Å². The molecule has 0 aliphatic carbocycles. The smallest absolute Gasteiger partial charge is 0.00516 e. The average Bonchev–Trinajstić information content (AvgIpc) is 1.91. The van der Waals surface area contributed by atoms with Crippen molar-refractivity contribution >= 4 is 0 Å². The fraction of sp³-hybridized carbons (Fsp3) is 1.00. The first-order valence-electron chi connectivity index (χ1n) is 3.51. The Balaban J connectivity index is 0. The summed E-state index contributed by atoms with van der Waals surface area (Å²) in [4.78, 5) is 0. The molecule has 1 atom stereocenters. The van der Waals surface area contributed by atoms with Gasteiger partial charge in [0.2, 0.25) is 0 Å². The summed E-state index contributed by atoms with van der Waals surface area (Å²) in [5.41, 5.74) is 5.28. The lowest BCUT2D eigenvalue weighted by atomic mass is 10.1. The molecule has 0 aliphatic rings. The Labute approximate surface area is 53.3 Å². The van der Waals surface area contributed by atoms with E-state index in [1.807, 2.05) is 13.8 Å². The Hall–Kier alpha value is -0.0400. The summed E-state index contributed by atoms with van der Waals surface area (Å²) in [5.74, 6) is 0.713. The fourth-order valence-electron chi connectivity index (χ4n) is 0.167. The molecule has 1 unspecified atom stereocenters. The minimum atomic E-state index is 0.713. The summed E-state index contributed by atoms with van der Waals surface area (Å²) < 4.78 is 0. The highest BCUT2D eigenvalue weighted by atomic mass is 14.5. The highest BCUT2D eigenvalue weighted by Crippen LogP contribution is 1.93. The molecule has 1 heteroatoms. The molecular formula is C7H19N. The van der Waals surface area contributed by atoms with Gasteiger partial charge in [-0.3, -0.25) is 0 Å². The van der Waals surface area contributed by atoms with Crippen molar-refractivity contribution in [1.29, 1.82) is 0 Å². The van der Waals surface area contributed by atoms with E-state index in [0.717, 1.165) is 6.54 Å². The standard InChI is InChI=1S/C5H13N.C2H6/c1-3-5(2)4-6;1-2/h5H,3-4,6H2,1-2H3;1-2H3. The monoisotopic (exact) mass is 117 g/mol. The normalized spacial score (nSPS) is 11.6. The van der Waals surface area contributed by atoms with Gasteiger partial charge in [-0.2, -0.15) is 0 Å². The van der Waals surface area contributed by atoms with E-state index in [0.29, 0.717) is 5.92 Å². The number of nitrogens with two attached hydrogens (primary N) is 1. The van der Waals surface area contributed by atoms with Crippen LogP contribution in [0.25, 0.3) is 0 Å². The molecule has 2 N–H and O–H groups in total. The molecule has 0 amide bonds. The van der Waals surface area contributed by atoms with Crippen LogP contribution in [-0.2, 0) is 0 Å². The van der Waals surface area contributed by atoms with Gasteiger partial charge in [-0.05, 0) is 12.5 Å². The predicted molar refractivity (Wildman–Crippen MR) is 39.9 cm³/mol. The van der Waals surface area contributed by atoms with Crippen LogP contribution < -0.4 is 5.73 Å². The van der Waals surface area contributed by atoms with Crippen LogP contribution in [0.4, 0.5) is 0 Å². The molecule has 8 heavy (non-hydrogen) atoms. The van der Waals surface area contributed by atoms with E-state index in [2.05, 4.69) is 13.8 Å². The molecule has 0 spiro atoms. The largest absolute Gasteiger partial charge is 0.330 e. The molecular weight excluding hydrogens is 98.1 g/mol. The van der Waals surface area contributed by atoms with Crippen LogP contribution >= 0.6 is 0 Å². The minimum absolute atomic E-state index is 0.713. The van der Waals surface area contributed by atoms with Gasteiger partial charge in [0.1, 0.15) is 0 Å². The van der Waals surface area contributed by atoms with Gasteiger partial charge in [-0.1, -0.05) is 34.1 Å². The van der Waals surface area contributed by atoms with Crippen molar-refractivity contribution in [2.75, 3.05) is 6.54 Å². The van der Waals surface area contributed by atoms with Crippen LogP contribution in [0.3, 0.4) is 0 Å². The third kappa shape index (κ3) is 9.35. The summed E-state index contributed by atoms with van der Waals surface area (Å²) in [6.45, 7) is 9.13. The van der Waals surface area contributed by atoms with Gasteiger partial charge in [0.25, 0.3) is 0 Å². The van der Waals surface area contributed by atoms with Crippen LogP contribution in [0, 0.1) is 5.92 Å². The zero-order valence-corrected chi connectivity index (χ0v) is 6.57. The highest BCUT2D eigenvalue weighted by molar-refractivity contribution is 4.45. The Morgan fingerprint density at radius 1 is 1.38 bits per heavy atom. The molecule has 0 rings (SSSR count). The summed E-state index contributed by atoms with van der Waals surface area (Å²) in [6, 6.07) is 0. The van der Waals surface area contributed by atoms with Crippen molar-refractivity contribution < 1.29 is 0 Å². The molecule has 52 valence electrons. The molecule has 1 nitrogen and oxygen atoms in total. The maximum absolute atomic E-state index is 5.28. The van der Waals surface area contributed by atoms with E-state index in [1.54, 1.807) is 0 Å². The Kier molecular flexibility index (Phi) is 13.6. The number of hydrogen-bond acceptors (Lipinski definition) is 1. The van der Waals surface area contributed by atoms with Gasteiger partial charge in [0, 0.05) is 0 Å². The first-order valence-corrected chi connectivity index (χ1v) is 3.51. The molecule has 0 aromatic carbocycles. The number of hydrogen-bond donors (Lipinski definition) is 1. The van der Waals surface area contributed by atoms with Crippen molar-refractivity contribution in [1.82, 2.24) is 0 Å². The zero-order valence-electron chi connectivity index (χ0n) is 6.57. The van der Waals surface area contributed by atoms with E-state index in [1.165, 1.54) is 6.42 Å². The first-order chi connectivity index (χ1) is 3.81. The second-order valence-electron chi connectivity index (χ2n) is 1.75. The summed E-state index contributed by atoms with van der Waals surface area (Å²) in [6.07, 6.45) is 1.20. The minimum Gasteiger partial charge on any atom is -0.330 e. The van der Waals surface area contributed by atoms with Crippen LogP contribution in [0.15, 0.2) is 0 Å². The maximum atomic E-state index is 5.28. The van der Waals surface area contributed by atoms with Crippen molar-refractivity contribution in [2.24, 2.45) is 11.7 Å². The molecule has 0 saturated carbocycles. The Morgan fingerprint density at radius 3 is 1.75 bits per heavy atom. The van der Waals surface area contributed by atoms with Gasteiger partial charge >= 0.3 is 0 Å². The molecule has 0 radical (unpaired) electrons. The summed E-state index contributed by atoms with van der Waals surface area (Å²) in [5, 5.41) is 0. The van der Waals surface area contributed by atoms with E-state index in [-0.39, 0.29) is 0 Å². The van der Waals surface area contributed by atoms with E-state index in [9.17, 15) is 0 Å². The SMILES string of the molecule is CC.CCC(C)CN. The maximum Gasteiger partial charge on any atom is -0.00516 e. The molecule has 0 bridgehead atoms. The van der Waals surface area contributed by atoms with Gasteiger partial charge in [0.15, 0.2) is 0 Å². The first kappa shape index (κ1) is 10.9. The topological polar surface area (TPSA) is 26.0 Å². The fourth-order valence-corrected chi connectivity index (χ4v) is 0.167. The van der Waals surface area contributed by atoms with Gasteiger partial charge in [0.05, 0.1) is 0 Å². The lowest BCUT2D eigenvalue weighted by molar-refractivity contribution is 0.576. The third-order valence-corrected chi connectivity index (χ3v) is 1.10. The zero-order chi connectivity index (χ0) is 6.99. The molecule has 0 saturated heterocycles. The Morgan fingerprint density at radius 2 is 1.75 bits per heavy atom. The second-order valence-corrected chi connectivity index (χ2v) is 1.75. The molecule has 0 fully saturated rings. The van der Waals surface area contributed by atoms with Crippen LogP contribution in [0.1, 0.15) is 34.1 Å². The van der Waals surface area contributed by atoms with Gasteiger partial charge in [-0.15, -0.1) is 0 Å². The summed E-state index contributed by atoms with van der Waals surface area (Å²) in [7, 11) is 0. The van der Waals surface area contributed by atoms with Crippen molar-refractivity contribution in [2.45, 2.75) is 34.1 Å². The van der Waals surface area contributed by atoms with Gasteiger partial charge in [-0.25, -0.2) is 0 Å². The van der Waals surface area contributed by atoms with Crippen LogP contribution in [0.5, 0.6) is 0 Å². The molecule has 0 aromatic rings. The van der Waals surface area contributed by atoms with Gasteiger partial charge < -0.3 is 5.73 Å². The second kappa shape index (κ2) is 10.0. The van der Waals surface area contributed by atoms with Crippen LogP contribution in [-0.4, -0.2) is 6.54 Å². The average molecular weight is 117 g/mol. The molecule has 0 aromatic heterocycles. The number of rotatable bonds is 2. The Bertz CT molecular complexity index is 23.6. The lowest BCUT2D eigenvalue weighted by Gasteiger charge is -1.98. The third-order valence-electron chi connectivity index (χ3n) is 1.10.